The first-order valence-electron chi connectivity index (χ1n) is 4.96. The van der Waals surface area contributed by atoms with Crippen LogP contribution in [0.5, 0.6) is 0 Å². The van der Waals surface area contributed by atoms with E-state index in [2.05, 4.69) is 21.7 Å². The number of benzene rings is 1. The van der Waals surface area contributed by atoms with Crippen LogP contribution in [-0.2, 0) is 11.3 Å². The fourth-order valence-electron chi connectivity index (χ4n) is 1.54. The number of aromatic nitrogens is 2. The molecular formula is C12H14N2O. The second-order valence-corrected chi connectivity index (χ2v) is 3.33. The molecule has 0 aliphatic carbocycles. The Balaban J connectivity index is 2.25. The number of imidazole rings is 1. The summed E-state index contributed by atoms with van der Waals surface area (Å²) in [6.07, 6.45) is 3.71. The van der Waals surface area contributed by atoms with Crippen LogP contribution in [0.25, 0.3) is 11.3 Å². The van der Waals surface area contributed by atoms with Crippen molar-refractivity contribution in [3.05, 3.63) is 42.9 Å². The molecule has 0 amide bonds. The molecule has 0 fully saturated rings. The first kappa shape index (κ1) is 9.93. The van der Waals surface area contributed by atoms with E-state index in [1.807, 2.05) is 30.7 Å². The van der Waals surface area contributed by atoms with Crippen LogP contribution in [0.3, 0.4) is 0 Å². The fourth-order valence-corrected chi connectivity index (χ4v) is 1.54. The molecular weight excluding hydrogens is 188 g/mol. The largest absolute Gasteiger partial charge is 0.383 e. The standard InChI is InChI=1S/C12H14N2O/c1-15-8-7-14-10-13-9-12(14)11-5-3-2-4-6-11/h2-6,9-10H,7-8H2,1H3. The van der Waals surface area contributed by atoms with Gasteiger partial charge in [0.25, 0.3) is 0 Å². The molecule has 0 spiro atoms. The van der Waals surface area contributed by atoms with Crippen LogP contribution in [-0.4, -0.2) is 23.3 Å². The van der Waals surface area contributed by atoms with Gasteiger partial charge in [0.15, 0.2) is 0 Å². The molecule has 2 rings (SSSR count). The lowest BCUT2D eigenvalue weighted by Gasteiger charge is -2.06. The minimum Gasteiger partial charge on any atom is -0.383 e. The number of hydrogen-bond donors (Lipinski definition) is 0. The van der Waals surface area contributed by atoms with Crippen molar-refractivity contribution in [2.24, 2.45) is 0 Å². The SMILES string of the molecule is COCCn1cncc1-c1ccccc1. The third-order valence-electron chi connectivity index (χ3n) is 2.32. The summed E-state index contributed by atoms with van der Waals surface area (Å²) >= 11 is 0. The molecule has 0 N–H and O–H groups in total. The molecule has 0 saturated carbocycles. The molecule has 0 saturated heterocycles. The maximum Gasteiger partial charge on any atom is 0.0951 e. The van der Waals surface area contributed by atoms with Gasteiger partial charge < -0.3 is 9.30 Å². The zero-order valence-corrected chi connectivity index (χ0v) is 8.76. The van der Waals surface area contributed by atoms with Crippen LogP contribution in [0, 0.1) is 0 Å². The molecule has 78 valence electrons. The minimum absolute atomic E-state index is 0.705. The maximum absolute atomic E-state index is 5.06. The number of methoxy groups -OCH3 is 1. The monoisotopic (exact) mass is 202 g/mol. The van der Waals surface area contributed by atoms with Gasteiger partial charge >= 0.3 is 0 Å². The summed E-state index contributed by atoms with van der Waals surface area (Å²) in [5.41, 5.74) is 2.32. The Hall–Kier alpha value is -1.61. The van der Waals surface area contributed by atoms with Crippen LogP contribution in [0.4, 0.5) is 0 Å². The van der Waals surface area contributed by atoms with Crippen LogP contribution >= 0.6 is 0 Å². The van der Waals surface area contributed by atoms with Crippen molar-refractivity contribution in [3.63, 3.8) is 0 Å². The van der Waals surface area contributed by atoms with Gasteiger partial charge in [0.2, 0.25) is 0 Å². The highest BCUT2D eigenvalue weighted by Gasteiger charge is 2.03. The number of rotatable bonds is 4. The van der Waals surface area contributed by atoms with Crippen molar-refractivity contribution < 1.29 is 4.74 Å². The molecule has 0 unspecified atom stereocenters. The molecule has 1 aromatic carbocycles. The Morgan fingerprint density at radius 1 is 1.27 bits per heavy atom. The van der Waals surface area contributed by atoms with Crippen molar-refractivity contribution >= 4 is 0 Å². The Bertz CT molecular complexity index is 409. The van der Waals surface area contributed by atoms with Gasteiger partial charge in [-0.25, -0.2) is 4.98 Å². The molecule has 0 aliphatic heterocycles. The topological polar surface area (TPSA) is 27.1 Å². The molecule has 3 heteroatoms. The van der Waals surface area contributed by atoms with Crippen molar-refractivity contribution in [2.45, 2.75) is 6.54 Å². The van der Waals surface area contributed by atoms with Gasteiger partial charge in [-0.15, -0.1) is 0 Å². The van der Waals surface area contributed by atoms with E-state index in [4.69, 9.17) is 4.74 Å². The number of ether oxygens (including phenoxy) is 1. The van der Waals surface area contributed by atoms with E-state index in [0.29, 0.717) is 6.61 Å². The second-order valence-electron chi connectivity index (χ2n) is 3.33. The summed E-state index contributed by atoms with van der Waals surface area (Å²) < 4.78 is 7.15. The molecule has 1 heterocycles. The van der Waals surface area contributed by atoms with Crippen LogP contribution in [0.1, 0.15) is 0 Å². The van der Waals surface area contributed by atoms with Crippen molar-refractivity contribution in [3.8, 4) is 11.3 Å². The maximum atomic E-state index is 5.06. The Morgan fingerprint density at radius 3 is 2.80 bits per heavy atom. The smallest absolute Gasteiger partial charge is 0.0951 e. The highest BCUT2D eigenvalue weighted by Crippen LogP contribution is 2.17. The fraction of sp³-hybridized carbons (Fsp3) is 0.250. The molecule has 0 atom stereocenters. The van der Waals surface area contributed by atoms with Crippen molar-refractivity contribution in [1.82, 2.24) is 9.55 Å². The average Bonchev–Trinajstić information content (AvgIpc) is 2.75. The Kier molecular flexibility index (Phi) is 3.15. The second kappa shape index (κ2) is 4.75. The zero-order chi connectivity index (χ0) is 10.5. The highest BCUT2D eigenvalue weighted by atomic mass is 16.5. The lowest BCUT2D eigenvalue weighted by atomic mass is 10.2. The molecule has 1 aromatic heterocycles. The first-order chi connectivity index (χ1) is 7.42. The third kappa shape index (κ3) is 2.25. The van der Waals surface area contributed by atoms with E-state index in [1.54, 1.807) is 7.11 Å². The molecule has 0 bridgehead atoms. The summed E-state index contributed by atoms with van der Waals surface area (Å²) in [7, 11) is 1.71. The van der Waals surface area contributed by atoms with Gasteiger partial charge in [-0.2, -0.15) is 0 Å². The minimum atomic E-state index is 0.705. The number of nitrogens with zero attached hydrogens (tertiary/aromatic N) is 2. The lowest BCUT2D eigenvalue weighted by Crippen LogP contribution is -2.04. The molecule has 3 nitrogen and oxygen atoms in total. The molecule has 15 heavy (non-hydrogen) atoms. The summed E-state index contributed by atoms with van der Waals surface area (Å²) in [6.45, 7) is 1.54. The number of hydrogen-bond acceptors (Lipinski definition) is 2. The molecule has 0 radical (unpaired) electrons. The van der Waals surface area contributed by atoms with Crippen molar-refractivity contribution in [2.75, 3.05) is 13.7 Å². The zero-order valence-electron chi connectivity index (χ0n) is 8.76. The predicted molar refractivity (Wildman–Crippen MR) is 59.5 cm³/mol. The summed E-state index contributed by atoms with van der Waals surface area (Å²) in [4.78, 5) is 4.16. The van der Waals surface area contributed by atoms with Gasteiger partial charge in [-0.3, -0.25) is 0 Å². The van der Waals surface area contributed by atoms with Gasteiger partial charge in [0.05, 0.1) is 24.8 Å². The van der Waals surface area contributed by atoms with Gasteiger partial charge in [0.1, 0.15) is 0 Å². The average molecular weight is 202 g/mol. The van der Waals surface area contributed by atoms with Crippen LogP contribution in [0.15, 0.2) is 42.9 Å². The normalized spacial score (nSPS) is 10.5. The Morgan fingerprint density at radius 2 is 2.07 bits per heavy atom. The predicted octanol–water partition coefficient (Wildman–Crippen LogP) is 2.20. The molecule has 2 aromatic rings. The van der Waals surface area contributed by atoms with E-state index in [-0.39, 0.29) is 0 Å². The van der Waals surface area contributed by atoms with Gasteiger partial charge in [0, 0.05) is 13.7 Å². The Labute approximate surface area is 89.3 Å². The lowest BCUT2D eigenvalue weighted by molar-refractivity contribution is 0.187. The molecule has 0 aliphatic rings. The third-order valence-corrected chi connectivity index (χ3v) is 2.32. The first-order valence-corrected chi connectivity index (χ1v) is 4.96. The summed E-state index contributed by atoms with van der Waals surface area (Å²) in [5.74, 6) is 0. The van der Waals surface area contributed by atoms with Gasteiger partial charge in [-0.05, 0) is 5.56 Å². The van der Waals surface area contributed by atoms with E-state index >= 15 is 0 Å². The summed E-state index contributed by atoms with van der Waals surface area (Å²) in [6, 6.07) is 10.2. The van der Waals surface area contributed by atoms with Crippen LogP contribution < -0.4 is 0 Å². The van der Waals surface area contributed by atoms with E-state index < -0.39 is 0 Å². The van der Waals surface area contributed by atoms with Crippen LogP contribution in [0.2, 0.25) is 0 Å². The van der Waals surface area contributed by atoms with E-state index in [0.717, 1.165) is 12.2 Å². The van der Waals surface area contributed by atoms with E-state index in [9.17, 15) is 0 Å². The highest BCUT2D eigenvalue weighted by molar-refractivity contribution is 5.58. The van der Waals surface area contributed by atoms with Crippen molar-refractivity contribution in [1.29, 1.82) is 0 Å². The quantitative estimate of drug-likeness (QED) is 0.760. The van der Waals surface area contributed by atoms with Gasteiger partial charge in [-0.1, -0.05) is 30.3 Å². The summed E-state index contributed by atoms with van der Waals surface area (Å²) in [5, 5.41) is 0. The van der Waals surface area contributed by atoms with E-state index in [1.165, 1.54) is 5.56 Å².